The van der Waals surface area contributed by atoms with E-state index in [0.717, 1.165) is 12.2 Å². The van der Waals surface area contributed by atoms with Gasteiger partial charge in [-0.2, -0.15) is 0 Å². The van der Waals surface area contributed by atoms with E-state index in [9.17, 15) is 5.11 Å². The van der Waals surface area contributed by atoms with Crippen molar-refractivity contribution in [2.45, 2.75) is 32.4 Å². The SMILES string of the molecule is COCCc1ccc(OC(CO)C(N)C(C)C)cc1. The molecule has 1 aromatic carbocycles. The minimum Gasteiger partial charge on any atom is -0.486 e. The maximum Gasteiger partial charge on any atom is 0.137 e. The molecule has 0 aliphatic heterocycles. The third-order valence-electron chi connectivity index (χ3n) is 3.18. The molecule has 0 heterocycles. The fourth-order valence-electron chi connectivity index (χ4n) is 1.80. The Kier molecular flexibility index (Phi) is 6.84. The monoisotopic (exact) mass is 267 g/mol. The van der Waals surface area contributed by atoms with Crippen molar-refractivity contribution < 1.29 is 14.6 Å². The Balaban J connectivity index is 2.60. The van der Waals surface area contributed by atoms with Crippen LogP contribution in [0.4, 0.5) is 0 Å². The molecule has 0 saturated heterocycles. The molecule has 0 amide bonds. The van der Waals surface area contributed by atoms with E-state index >= 15 is 0 Å². The molecule has 0 fully saturated rings. The van der Waals surface area contributed by atoms with Gasteiger partial charge >= 0.3 is 0 Å². The van der Waals surface area contributed by atoms with Crippen molar-refractivity contribution in [2.75, 3.05) is 20.3 Å². The number of nitrogens with two attached hydrogens (primary N) is 1. The highest BCUT2D eigenvalue weighted by Gasteiger charge is 2.21. The van der Waals surface area contributed by atoms with Crippen LogP contribution in [0.1, 0.15) is 19.4 Å². The summed E-state index contributed by atoms with van der Waals surface area (Å²) in [4.78, 5) is 0. The number of benzene rings is 1. The summed E-state index contributed by atoms with van der Waals surface area (Å²) in [7, 11) is 1.69. The Hall–Kier alpha value is -1.10. The van der Waals surface area contributed by atoms with Gasteiger partial charge in [-0.1, -0.05) is 26.0 Å². The second kappa shape index (κ2) is 8.15. The van der Waals surface area contributed by atoms with Gasteiger partial charge in [-0.15, -0.1) is 0 Å². The Bertz CT molecular complexity index is 351. The molecule has 1 aromatic rings. The zero-order valence-electron chi connectivity index (χ0n) is 12.0. The van der Waals surface area contributed by atoms with Crippen molar-refractivity contribution in [1.82, 2.24) is 0 Å². The summed E-state index contributed by atoms with van der Waals surface area (Å²) in [5, 5.41) is 9.36. The molecule has 3 N–H and O–H groups in total. The van der Waals surface area contributed by atoms with Crippen molar-refractivity contribution in [2.24, 2.45) is 11.7 Å². The standard InChI is InChI=1S/C15H25NO3/c1-11(2)15(16)14(10-17)19-13-6-4-12(5-7-13)8-9-18-3/h4-7,11,14-15,17H,8-10,16H2,1-3H3. The lowest BCUT2D eigenvalue weighted by Crippen LogP contribution is -2.45. The molecule has 108 valence electrons. The lowest BCUT2D eigenvalue weighted by atomic mass is 10.00. The molecule has 0 saturated carbocycles. The molecule has 1 rings (SSSR count). The smallest absolute Gasteiger partial charge is 0.137 e. The first-order chi connectivity index (χ1) is 9.08. The van der Waals surface area contributed by atoms with E-state index < -0.39 is 0 Å². The highest BCUT2D eigenvalue weighted by atomic mass is 16.5. The van der Waals surface area contributed by atoms with Gasteiger partial charge in [0.15, 0.2) is 0 Å². The van der Waals surface area contributed by atoms with Crippen LogP contribution >= 0.6 is 0 Å². The molecule has 2 atom stereocenters. The summed E-state index contributed by atoms with van der Waals surface area (Å²) in [5.74, 6) is 0.995. The van der Waals surface area contributed by atoms with Crippen LogP contribution in [0.2, 0.25) is 0 Å². The fraction of sp³-hybridized carbons (Fsp3) is 0.600. The van der Waals surface area contributed by atoms with Crippen molar-refractivity contribution in [3.63, 3.8) is 0 Å². The Morgan fingerprint density at radius 2 is 1.84 bits per heavy atom. The lowest BCUT2D eigenvalue weighted by molar-refractivity contribution is 0.0810. The second-order valence-electron chi connectivity index (χ2n) is 5.05. The quantitative estimate of drug-likeness (QED) is 0.751. The summed E-state index contributed by atoms with van der Waals surface area (Å²) < 4.78 is 10.8. The van der Waals surface area contributed by atoms with Gasteiger partial charge in [0.1, 0.15) is 11.9 Å². The molecule has 0 bridgehead atoms. The summed E-state index contributed by atoms with van der Waals surface area (Å²) >= 11 is 0. The van der Waals surface area contributed by atoms with Crippen molar-refractivity contribution in [3.05, 3.63) is 29.8 Å². The van der Waals surface area contributed by atoms with Gasteiger partial charge in [-0.05, 0) is 30.0 Å². The van der Waals surface area contributed by atoms with Gasteiger partial charge in [0.2, 0.25) is 0 Å². The number of rotatable bonds is 8. The molecule has 2 unspecified atom stereocenters. The van der Waals surface area contributed by atoms with Gasteiger partial charge in [0, 0.05) is 13.2 Å². The van der Waals surface area contributed by atoms with E-state index in [1.807, 2.05) is 38.1 Å². The molecule has 4 heteroatoms. The van der Waals surface area contributed by atoms with Gasteiger partial charge in [-0.25, -0.2) is 0 Å². The van der Waals surface area contributed by atoms with Crippen LogP contribution in [-0.2, 0) is 11.2 Å². The average molecular weight is 267 g/mol. The van der Waals surface area contributed by atoms with E-state index in [2.05, 4.69) is 0 Å². The van der Waals surface area contributed by atoms with Crippen LogP contribution in [0, 0.1) is 5.92 Å². The van der Waals surface area contributed by atoms with Gasteiger partial charge < -0.3 is 20.3 Å². The van der Waals surface area contributed by atoms with Crippen molar-refractivity contribution in [3.8, 4) is 5.75 Å². The Morgan fingerprint density at radius 1 is 1.21 bits per heavy atom. The summed E-state index contributed by atoms with van der Waals surface area (Å²) in [6, 6.07) is 7.63. The predicted molar refractivity (Wildman–Crippen MR) is 76.3 cm³/mol. The normalized spacial score (nSPS) is 14.4. The van der Waals surface area contributed by atoms with Crippen LogP contribution in [0.3, 0.4) is 0 Å². The molecular formula is C15H25NO3. The summed E-state index contributed by atoms with van der Waals surface area (Å²) in [5.41, 5.74) is 7.21. The maximum absolute atomic E-state index is 9.36. The largest absolute Gasteiger partial charge is 0.486 e. The number of aliphatic hydroxyl groups is 1. The number of ether oxygens (including phenoxy) is 2. The number of methoxy groups -OCH3 is 1. The molecule has 0 radical (unpaired) electrons. The van der Waals surface area contributed by atoms with E-state index in [0.29, 0.717) is 6.61 Å². The molecule has 0 aromatic heterocycles. The topological polar surface area (TPSA) is 64.7 Å². The first-order valence-electron chi connectivity index (χ1n) is 6.69. The van der Waals surface area contributed by atoms with Crippen LogP contribution < -0.4 is 10.5 Å². The molecule has 4 nitrogen and oxygen atoms in total. The zero-order valence-corrected chi connectivity index (χ0v) is 12.0. The van der Waals surface area contributed by atoms with Gasteiger partial charge in [-0.3, -0.25) is 0 Å². The lowest BCUT2D eigenvalue weighted by Gasteiger charge is -2.26. The van der Waals surface area contributed by atoms with Crippen LogP contribution in [0.15, 0.2) is 24.3 Å². The minimum absolute atomic E-state index is 0.0786. The number of hydrogen-bond donors (Lipinski definition) is 2. The minimum atomic E-state index is -0.371. The molecule has 0 spiro atoms. The van der Waals surface area contributed by atoms with E-state index in [1.165, 1.54) is 5.56 Å². The van der Waals surface area contributed by atoms with E-state index in [-0.39, 0.29) is 24.7 Å². The molecule has 19 heavy (non-hydrogen) atoms. The van der Waals surface area contributed by atoms with Crippen molar-refractivity contribution >= 4 is 0 Å². The molecule has 0 aliphatic carbocycles. The second-order valence-corrected chi connectivity index (χ2v) is 5.05. The fourth-order valence-corrected chi connectivity index (χ4v) is 1.80. The first kappa shape index (κ1) is 16.0. The van der Waals surface area contributed by atoms with Gasteiger partial charge in [0.25, 0.3) is 0 Å². The van der Waals surface area contributed by atoms with Crippen LogP contribution in [-0.4, -0.2) is 37.6 Å². The first-order valence-corrected chi connectivity index (χ1v) is 6.69. The van der Waals surface area contributed by atoms with E-state index in [4.69, 9.17) is 15.2 Å². The molecular weight excluding hydrogens is 242 g/mol. The average Bonchev–Trinajstić information content (AvgIpc) is 2.43. The Morgan fingerprint density at radius 3 is 2.32 bits per heavy atom. The third-order valence-corrected chi connectivity index (χ3v) is 3.18. The summed E-state index contributed by atoms with van der Waals surface area (Å²) in [6.07, 6.45) is 0.510. The summed E-state index contributed by atoms with van der Waals surface area (Å²) in [6.45, 7) is 4.66. The zero-order chi connectivity index (χ0) is 14.3. The Labute approximate surface area is 115 Å². The van der Waals surface area contributed by atoms with Crippen LogP contribution in [0.5, 0.6) is 5.75 Å². The van der Waals surface area contributed by atoms with Crippen molar-refractivity contribution in [1.29, 1.82) is 0 Å². The molecule has 0 aliphatic rings. The van der Waals surface area contributed by atoms with Crippen LogP contribution in [0.25, 0.3) is 0 Å². The highest BCUT2D eigenvalue weighted by molar-refractivity contribution is 5.27. The third kappa shape index (κ3) is 5.19. The predicted octanol–water partition coefficient (Wildman–Crippen LogP) is 1.60. The number of hydrogen-bond acceptors (Lipinski definition) is 4. The maximum atomic E-state index is 9.36. The highest BCUT2D eigenvalue weighted by Crippen LogP contribution is 2.17. The van der Waals surface area contributed by atoms with Gasteiger partial charge in [0.05, 0.1) is 13.2 Å². The number of aliphatic hydroxyl groups excluding tert-OH is 1. The van der Waals surface area contributed by atoms with E-state index in [1.54, 1.807) is 7.11 Å².